The van der Waals surface area contributed by atoms with Crippen molar-refractivity contribution in [1.82, 2.24) is 4.90 Å². The average Bonchev–Trinajstić information content (AvgIpc) is 3.48. The fraction of sp³-hybridized carbons (Fsp3) is 0.462. The van der Waals surface area contributed by atoms with Gasteiger partial charge in [-0.2, -0.15) is 0 Å². The van der Waals surface area contributed by atoms with Gasteiger partial charge in [0.2, 0.25) is 0 Å². The van der Waals surface area contributed by atoms with E-state index in [-0.39, 0.29) is 17.9 Å². The minimum atomic E-state index is -0.299. The second-order valence-electron chi connectivity index (χ2n) is 8.90. The van der Waals surface area contributed by atoms with Gasteiger partial charge >= 0.3 is 5.97 Å². The topological polar surface area (TPSA) is 61.9 Å². The lowest BCUT2D eigenvalue weighted by molar-refractivity contribution is -0.143. The number of nitrogens with zero attached hydrogens (tertiary/aromatic N) is 2. The van der Waals surface area contributed by atoms with Gasteiger partial charge in [0.15, 0.2) is 0 Å². The van der Waals surface area contributed by atoms with E-state index in [1.165, 1.54) is 21.7 Å². The van der Waals surface area contributed by atoms with E-state index in [1.54, 1.807) is 11.8 Å². The predicted molar refractivity (Wildman–Crippen MR) is 132 cm³/mol. The third-order valence-electron chi connectivity index (χ3n) is 6.94. The fourth-order valence-corrected chi connectivity index (χ4v) is 6.40. The molecule has 1 saturated heterocycles. The van der Waals surface area contributed by atoms with Crippen molar-refractivity contribution in [1.29, 1.82) is 0 Å². The third kappa shape index (κ3) is 4.62. The number of fused-ring (bicyclic) bond motifs is 2. The number of carbonyl (C=O) groups is 2. The van der Waals surface area contributed by atoms with Gasteiger partial charge in [-0.25, -0.2) is 4.79 Å². The van der Waals surface area contributed by atoms with Crippen LogP contribution in [0.1, 0.15) is 30.4 Å². The maximum absolute atomic E-state index is 12.9. The summed E-state index contributed by atoms with van der Waals surface area (Å²) >= 11 is 1.80. The zero-order chi connectivity index (χ0) is 22.8. The number of nitrogens with one attached hydrogen (secondary N) is 1. The van der Waals surface area contributed by atoms with E-state index in [4.69, 9.17) is 4.74 Å². The first-order valence-electron chi connectivity index (χ1n) is 11.9. The molecule has 0 saturated carbocycles. The van der Waals surface area contributed by atoms with E-state index in [1.807, 2.05) is 25.1 Å². The molecule has 0 spiro atoms. The van der Waals surface area contributed by atoms with E-state index in [9.17, 15) is 9.59 Å². The fourth-order valence-electron chi connectivity index (χ4n) is 5.13. The SMILES string of the molecule is CCOC(=O)C1Cc2c(cccc2N2CCN(CCC(=O)C3CSc4ccccc43)CC2)N1. The molecule has 3 aliphatic rings. The molecule has 2 aromatic rings. The Morgan fingerprint density at radius 3 is 2.73 bits per heavy atom. The van der Waals surface area contributed by atoms with Crippen molar-refractivity contribution in [2.45, 2.75) is 36.6 Å². The van der Waals surface area contributed by atoms with Gasteiger partial charge in [-0.3, -0.25) is 9.69 Å². The molecule has 1 N–H and O–H groups in total. The molecule has 6 nitrogen and oxygen atoms in total. The Labute approximate surface area is 199 Å². The lowest BCUT2D eigenvalue weighted by Gasteiger charge is -2.37. The molecule has 7 heteroatoms. The van der Waals surface area contributed by atoms with Gasteiger partial charge in [0, 0.05) is 73.2 Å². The Bertz CT molecular complexity index is 1040. The number of ether oxygens (including phenoxy) is 1. The second-order valence-corrected chi connectivity index (χ2v) is 9.96. The number of ketones is 1. The Morgan fingerprint density at radius 2 is 1.91 bits per heavy atom. The van der Waals surface area contributed by atoms with Crippen molar-refractivity contribution in [3.63, 3.8) is 0 Å². The van der Waals surface area contributed by atoms with Gasteiger partial charge in [-0.05, 0) is 30.7 Å². The molecule has 5 rings (SSSR count). The molecule has 0 aliphatic carbocycles. The van der Waals surface area contributed by atoms with Gasteiger partial charge in [0.25, 0.3) is 0 Å². The van der Waals surface area contributed by atoms with Crippen LogP contribution >= 0.6 is 11.8 Å². The molecule has 2 aromatic carbocycles. The summed E-state index contributed by atoms with van der Waals surface area (Å²) in [5.41, 5.74) is 4.66. The lowest BCUT2D eigenvalue weighted by atomic mass is 9.95. The molecule has 0 amide bonds. The summed E-state index contributed by atoms with van der Waals surface area (Å²) in [4.78, 5) is 31.2. The molecule has 3 heterocycles. The van der Waals surface area contributed by atoms with Crippen LogP contribution in [0.3, 0.4) is 0 Å². The normalized spacial score (nSPS) is 21.9. The van der Waals surface area contributed by atoms with Crippen LogP contribution in [0.25, 0.3) is 0 Å². The summed E-state index contributed by atoms with van der Waals surface area (Å²) in [6, 6.07) is 14.3. The molecule has 1 fully saturated rings. The number of benzene rings is 2. The van der Waals surface area contributed by atoms with Crippen molar-refractivity contribution in [2.24, 2.45) is 0 Å². The number of Topliss-reactive ketones (excluding diaryl/α,β-unsaturated/α-hetero) is 1. The number of hydrogen-bond acceptors (Lipinski definition) is 7. The smallest absolute Gasteiger partial charge is 0.328 e. The Morgan fingerprint density at radius 1 is 1.09 bits per heavy atom. The first kappa shape index (κ1) is 22.3. The highest BCUT2D eigenvalue weighted by molar-refractivity contribution is 7.99. The van der Waals surface area contributed by atoms with Gasteiger partial charge in [-0.15, -0.1) is 11.8 Å². The number of thioether (sulfide) groups is 1. The molecule has 0 radical (unpaired) electrons. The van der Waals surface area contributed by atoms with Gasteiger partial charge in [0.05, 0.1) is 12.5 Å². The molecular weight excluding hydrogens is 434 g/mol. The van der Waals surface area contributed by atoms with Crippen LogP contribution < -0.4 is 10.2 Å². The quantitative estimate of drug-likeness (QED) is 0.628. The lowest BCUT2D eigenvalue weighted by Crippen LogP contribution is -2.47. The second kappa shape index (κ2) is 9.77. The number of carbonyl (C=O) groups excluding carboxylic acids is 2. The molecule has 0 bridgehead atoms. The number of anilines is 2. The maximum atomic E-state index is 12.9. The Kier molecular flexibility index (Phi) is 6.60. The van der Waals surface area contributed by atoms with Gasteiger partial charge in [-0.1, -0.05) is 24.3 Å². The van der Waals surface area contributed by atoms with E-state index in [0.717, 1.165) is 44.2 Å². The van der Waals surface area contributed by atoms with Crippen LogP contribution in [0.2, 0.25) is 0 Å². The standard InChI is InChI=1S/C26H31N3O3S/c1-2-32-26(31)22-16-19-21(27-22)7-5-8-23(19)29-14-12-28(13-15-29)11-10-24(30)20-17-33-25-9-4-3-6-18(20)25/h3-9,20,22,27H,2,10-17H2,1H3. The minimum Gasteiger partial charge on any atom is -0.464 e. The van der Waals surface area contributed by atoms with E-state index >= 15 is 0 Å². The van der Waals surface area contributed by atoms with Gasteiger partial charge in [0.1, 0.15) is 11.8 Å². The van der Waals surface area contributed by atoms with Crippen LogP contribution in [0.4, 0.5) is 11.4 Å². The minimum absolute atomic E-state index is 0.0549. The zero-order valence-electron chi connectivity index (χ0n) is 19.1. The van der Waals surface area contributed by atoms with Crippen LogP contribution in [0.5, 0.6) is 0 Å². The van der Waals surface area contributed by atoms with Crippen molar-refractivity contribution < 1.29 is 14.3 Å². The highest BCUT2D eigenvalue weighted by atomic mass is 32.2. The summed E-state index contributed by atoms with van der Waals surface area (Å²) in [5.74, 6) is 1.12. The highest BCUT2D eigenvalue weighted by Gasteiger charge is 2.32. The van der Waals surface area contributed by atoms with Crippen LogP contribution in [0, 0.1) is 0 Å². The molecule has 174 valence electrons. The predicted octanol–water partition coefficient (Wildman–Crippen LogP) is 3.56. The van der Waals surface area contributed by atoms with Crippen molar-refractivity contribution in [3.8, 4) is 0 Å². The Hall–Kier alpha value is -2.51. The van der Waals surface area contributed by atoms with Gasteiger partial charge < -0.3 is 15.0 Å². The molecule has 0 aromatic heterocycles. The Balaban J connectivity index is 1.14. The van der Waals surface area contributed by atoms with Crippen molar-refractivity contribution >= 4 is 34.9 Å². The molecule has 33 heavy (non-hydrogen) atoms. The number of rotatable bonds is 7. The van der Waals surface area contributed by atoms with Crippen LogP contribution in [-0.4, -0.2) is 67.8 Å². The number of piperazine rings is 1. The summed E-state index contributed by atoms with van der Waals surface area (Å²) in [7, 11) is 0. The molecule has 2 unspecified atom stereocenters. The summed E-state index contributed by atoms with van der Waals surface area (Å²) in [5, 5.41) is 3.32. The number of esters is 1. The van der Waals surface area contributed by atoms with E-state index in [2.05, 4.69) is 39.4 Å². The van der Waals surface area contributed by atoms with E-state index in [0.29, 0.717) is 25.2 Å². The largest absolute Gasteiger partial charge is 0.464 e. The van der Waals surface area contributed by atoms with Crippen molar-refractivity contribution in [2.75, 3.05) is 55.3 Å². The molecular formula is C26H31N3O3S. The summed E-state index contributed by atoms with van der Waals surface area (Å²) in [6.07, 6.45) is 1.28. The number of hydrogen-bond donors (Lipinski definition) is 1. The van der Waals surface area contributed by atoms with Crippen LogP contribution in [-0.2, 0) is 20.7 Å². The molecule has 2 atom stereocenters. The van der Waals surface area contributed by atoms with E-state index < -0.39 is 0 Å². The third-order valence-corrected chi connectivity index (χ3v) is 8.12. The monoisotopic (exact) mass is 465 g/mol. The average molecular weight is 466 g/mol. The van der Waals surface area contributed by atoms with Crippen molar-refractivity contribution in [3.05, 3.63) is 53.6 Å². The summed E-state index contributed by atoms with van der Waals surface area (Å²) in [6.45, 7) is 6.81. The first-order chi connectivity index (χ1) is 16.1. The first-order valence-corrected chi connectivity index (χ1v) is 12.9. The zero-order valence-corrected chi connectivity index (χ0v) is 19.9. The maximum Gasteiger partial charge on any atom is 0.328 e. The molecule has 3 aliphatic heterocycles. The van der Waals surface area contributed by atoms with Crippen LogP contribution in [0.15, 0.2) is 47.4 Å². The highest BCUT2D eigenvalue weighted by Crippen LogP contribution is 2.40. The summed E-state index contributed by atoms with van der Waals surface area (Å²) < 4.78 is 5.21.